The zero-order chi connectivity index (χ0) is 10.3. The summed E-state index contributed by atoms with van der Waals surface area (Å²) < 4.78 is 50.0. The Kier molecular flexibility index (Phi) is 1.99. The van der Waals surface area contributed by atoms with Crippen LogP contribution in [0, 0.1) is 5.82 Å². The molecule has 1 aromatic heterocycles. The van der Waals surface area contributed by atoms with Crippen LogP contribution in [-0.2, 0) is 6.18 Å². The Labute approximate surface area is 80.8 Å². The molecule has 0 bridgehead atoms. The summed E-state index contributed by atoms with van der Waals surface area (Å²) in [6.45, 7) is 0. The number of fused-ring (bicyclic) bond motifs is 1. The van der Waals surface area contributed by atoms with Crippen LogP contribution in [-0.4, -0.2) is 0 Å². The van der Waals surface area contributed by atoms with Crippen LogP contribution < -0.4 is 0 Å². The van der Waals surface area contributed by atoms with E-state index in [2.05, 4.69) is 0 Å². The molecule has 14 heavy (non-hydrogen) atoms. The van der Waals surface area contributed by atoms with Crippen LogP contribution in [0.2, 0.25) is 0 Å². The molecule has 0 saturated heterocycles. The van der Waals surface area contributed by atoms with Crippen molar-refractivity contribution in [3.05, 3.63) is 34.3 Å². The van der Waals surface area contributed by atoms with Crippen molar-refractivity contribution in [3.63, 3.8) is 0 Å². The summed E-state index contributed by atoms with van der Waals surface area (Å²) in [5.74, 6) is -1.18. The van der Waals surface area contributed by atoms with E-state index in [0.717, 1.165) is 6.07 Å². The molecule has 0 aliphatic carbocycles. The maximum Gasteiger partial charge on any atom is 0.419 e. The molecule has 0 atom stereocenters. The van der Waals surface area contributed by atoms with E-state index in [9.17, 15) is 17.6 Å². The third-order valence-electron chi connectivity index (χ3n) is 1.90. The van der Waals surface area contributed by atoms with Crippen molar-refractivity contribution in [2.75, 3.05) is 0 Å². The normalized spacial score (nSPS) is 12.3. The summed E-state index contributed by atoms with van der Waals surface area (Å²) >= 11 is 1.18. The third kappa shape index (κ3) is 1.37. The summed E-state index contributed by atoms with van der Waals surface area (Å²) in [5, 5.41) is 3.52. The summed E-state index contributed by atoms with van der Waals surface area (Å²) in [6, 6.07) is 2.04. The first-order valence-corrected chi connectivity index (χ1v) is 4.66. The highest BCUT2D eigenvalue weighted by molar-refractivity contribution is 7.09. The molecular formula is C9H4F4S. The molecule has 0 aliphatic heterocycles. The molecular weight excluding hydrogens is 216 g/mol. The zero-order valence-electron chi connectivity index (χ0n) is 6.73. The first-order valence-electron chi connectivity index (χ1n) is 3.72. The van der Waals surface area contributed by atoms with Gasteiger partial charge in [0.05, 0.1) is 5.56 Å². The van der Waals surface area contributed by atoms with Crippen LogP contribution in [0.1, 0.15) is 5.56 Å². The van der Waals surface area contributed by atoms with Gasteiger partial charge in [0.25, 0.3) is 0 Å². The molecule has 0 spiro atoms. The van der Waals surface area contributed by atoms with Gasteiger partial charge in [-0.15, -0.1) is 0 Å². The van der Waals surface area contributed by atoms with Crippen LogP contribution in [0.4, 0.5) is 17.6 Å². The highest BCUT2D eigenvalue weighted by atomic mass is 32.1. The second kappa shape index (κ2) is 2.95. The number of alkyl halides is 3. The smallest absolute Gasteiger partial charge is 0.206 e. The number of hydrogen-bond acceptors (Lipinski definition) is 1. The average Bonchev–Trinajstić information content (AvgIpc) is 2.50. The van der Waals surface area contributed by atoms with E-state index in [0.29, 0.717) is 5.39 Å². The van der Waals surface area contributed by atoms with Gasteiger partial charge in [-0.1, -0.05) is 6.07 Å². The topological polar surface area (TPSA) is 0 Å². The highest BCUT2D eigenvalue weighted by Gasteiger charge is 2.34. The summed E-state index contributed by atoms with van der Waals surface area (Å²) in [6.07, 6.45) is -4.62. The van der Waals surface area contributed by atoms with Crippen molar-refractivity contribution in [2.24, 2.45) is 0 Å². The fourth-order valence-corrected chi connectivity index (χ4v) is 2.02. The van der Waals surface area contributed by atoms with Gasteiger partial charge in [-0.3, -0.25) is 0 Å². The molecule has 0 radical (unpaired) electrons. The molecule has 0 N–H and O–H groups in total. The van der Waals surface area contributed by atoms with E-state index in [4.69, 9.17) is 0 Å². The molecule has 5 heteroatoms. The number of hydrogen-bond donors (Lipinski definition) is 0. The van der Waals surface area contributed by atoms with E-state index in [1.54, 1.807) is 5.38 Å². The van der Waals surface area contributed by atoms with Crippen molar-refractivity contribution >= 4 is 22.1 Å². The molecule has 2 aromatic rings. The molecule has 0 nitrogen and oxygen atoms in total. The van der Waals surface area contributed by atoms with Crippen molar-refractivity contribution in [1.29, 1.82) is 0 Å². The predicted molar refractivity (Wildman–Crippen MR) is 46.8 cm³/mol. The van der Waals surface area contributed by atoms with Gasteiger partial charge in [0.15, 0.2) is 0 Å². The second-order valence-electron chi connectivity index (χ2n) is 2.80. The molecule has 0 fully saturated rings. The fourth-order valence-electron chi connectivity index (χ4n) is 1.22. The van der Waals surface area contributed by atoms with Crippen molar-refractivity contribution in [3.8, 4) is 0 Å². The lowest BCUT2D eigenvalue weighted by molar-refractivity contribution is -0.139. The van der Waals surface area contributed by atoms with Crippen molar-refractivity contribution < 1.29 is 17.6 Å². The van der Waals surface area contributed by atoms with E-state index in [-0.39, 0.29) is 5.39 Å². The summed E-state index contributed by atoms with van der Waals surface area (Å²) in [5.41, 5.74) is -1.21. The average molecular weight is 220 g/mol. The lowest BCUT2D eigenvalue weighted by Crippen LogP contribution is -2.07. The zero-order valence-corrected chi connectivity index (χ0v) is 7.55. The minimum Gasteiger partial charge on any atom is -0.206 e. The maximum atomic E-state index is 13.3. The Bertz CT molecular complexity index is 469. The summed E-state index contributed by atoms with van der Waals surface area (Å²) in [7, 11) is 0. The Morgan fingerprint density at radius 1 is 1.07 bits per heavy atom. The summed E-state index contributed by atoms with van der Waals surface area (Å²) in [4.78, 5) is 0. The number of rotatable bonds is 0. The Morgan fingerprint density at radius 2 is 1.79 bits per heavy atom. The van der Waals surface area contributed by atoms with Gasteiger partial charge in [0, 0.05) is 10.8 Å². The second-order valence-corrected chi connectivity index (χ2v) is 3.54. The number of benzene rings is 1. The van der Waals surface area contributed by atoms with Crippen molar-refractivity contribution in [2.45, 2.75) is 6.18 Å². The van der Waals surface area contributed by atoms with Crippen LogP contribution in [0.3, 0.4) is 0 Å². The molecule has 0 unspecified atom stereocenters. The quantitative estimate of drug-likeness (QED) is 0.587. The molecule has 0 aliphatic rings. The first-order chi connectivity index (χ1) is 6.50. The van der Waals surface area contributed by atoms with Crippen molar-refractivity contribution in [1.82, 2.24) is 0 Å². The van der Waals surface area contributed by atoms with Gasteiger partial charge in [0.2, 0.25) is 0 Å². The lowest BCUT2D eigenvalue weighted by atomic mass is 10.1. The molecule has 1 aromatic carbocycles. The molecule has 1 heterocycles. The predicted octanol–water partition coefficient (Wildman–Crippen LogP) is 4.06. The molecule has 74 valence electrons. The molecule has 0 saturated carbocycles. The lowest BCUT2D eigenvalue weighted by Gasteiger charge is -2.07. The Balaban J connectivity index is 2.74. The largest absolute Gasteiger partial charge is 0.419 e. The number of thiophene rings is 1. The van der Waals surface area contributed by atoms with Gasteiger partial charge in [0.1, 0.15) is 5.82 Å². The minimum absolute atomic E-state index is 0.0322. The van der Waals surface area contributed by atoms with Gasteiger partial charge in [-0.05, 0) is 16.8 Å². The Morgan fingerprint density at radius 3 is 2.43 bits per heavy atom. The monoisotopic (exact) mass is 220 g/mol. The van der Waals surface area contributed by atoms with Crippen LogP contribution in [0.25, 0.3) is 10.8 Å². The molecule has 0 amide bonds. The van der Waals surface area contributed by atoms with Crippen LogP contribution in [0.5, 0.6) is 0 Å². The van der Waals surface area contributed by atoms with Crippen LogP contribution in [0.15, 0.2) is 22.9 Å². The SMILES string of the molecule is Fc1c(C(F)(F)F)ccc2cscc12. The van der Waals surface area contributed by atoms with Crippen LogP contribution >= 0.6 is 11.3 Å². The minimum atomic E-state index is -4.62. The van der Waals surface area contributed by atoms with Gasteiger partial charge < -0.3 is 0 Å². The maximum absolute atomic E-state index is 13.3. The Hall–Kier alpha value is -1.10. The van der Waals surface area contributed by atoms with Gasteiger partial charge in [-0.2, -0.15) is 24.5 Å². The van der Waals surface area contributed by atoms with Gasteiger partial charge >= 0.3 is 6.18 Å². The highest BCUT2D eigenvalue weighted by Crippen LogP contribution is 2.35. The number of halogens is 4. The van der Waals surface area contributed by atoms with Gasteiger partial charge in [-0.25, -0.2) is 4.39 Å². The van der Waals surface area contributed by atoms with E-state index in [1.807, 2.05) is 0 Å². The molecule has 2 rings (SSSR count). The standard InChI is InChI=1S/C9H4F4S/c10-8-6-4-14-3-5(6)1-2-7(8)9(11,12)13/h1-4H. The van der Waals surface area contributed by atoms with E-state index < -0.39 is 17.6 Å². The first kappa shape index (κ1) is 9.45. The third-order valence-corrected chi connectivity index (χ3v) is 2.66. The van der Waals surface area contributed by atoms with E-state index >= 15 is 0 Å². The fraction of sp³-hybridized carbons (Fsp3) is 0.111. The van der Waals surface area contributed by atoms with E-state index in [1.165, 1.54) is 22.8 Å².